The van der Waals surface area contributed by atoms with Gasteiger partial charge in [0.05, 0.1) is 12.7 Å². The number of amides is 1. The van der Waals surface area contributed by atoms with Crippen molar-refractivity contribution in [2.24, 2.45) is 0 Å². The standard InChI is InChI=1S/C13H18FNO3/c1-10(16)9-15-13(17)6-3-7-18-12-5-2-4-11(14)8-12/h2,4-5,8,10,16H,3,6-7,9H2,1H3,(H,15,17). The smallest absolute Gasteiger partial charge is 0.220 e. The Morgan fingerprint density at radius 1 is 1.56 bits per heavy atom. The maximum absolute atomic E-state index is 12.8. The molecule has 4 nitrogen and oxygen atoms in total. The summed E-state index contributed by atoms with van der Waals surface area (Å²) in [6.45, 7) is 2.21. The third-order valence-electron chi connectivity index (χ3n) is 2.21. The first-order valence-electron chi connectivity index (χ1n) is 5.91. The lowest BCUT2D eigenvalue weighted by Crippen LogP contribution is -2.30. The normalized spacial score (nSPS) is 11.9. The minimum atomic E-state index is -0.544. The average Bonchev–Trinajstić information content (AvgIpc) is 2.32. The fourth-order valence-corrected chi connectivity index (χ4v) is 1.33. The summed E-state index contributed by atoms with van der Waals surface area (Å²) >= 11 is 0. The van der Waals surface area contributed by atoms with E-state index >= 15 is 0 Å². The van der Waals surface area contributed by atoms with E-state index in [0.717, 1.165) is 0 Å². The van der Waals surface area contributed by atoms with Crippen LogP contribution < -0.4 is 10.1 Å². The predicted molar refractivity (Wildman–Crippen MR) is 65.8 cm³/mol. The van der Waals surface area contributed by atoms with Crippen molar-refractivity contribution < 1.29 is 19.0 Å². The van der Waals surface area contributed by atoms with Gasteiger partial charge in [0.2, 0.25) is 5.91 Å². The molecule has 5 heteroatoms. The molecule has 2 N–H and O–H groups in total. The zero-order valence-corrected chi connectivity index (χ0v) is 10.4. The van der Waals surface area contributed by atoms with Crippen molar-refractivity contribution in [3.63, 3.8) is 0 Å². The van der Waals surface area contributed by atoms with Crippen LogP contribution in [0.1, 0.15) is 19.8 Å². The molecule has 0 heterocycles. The van der Waals surface area contributed by atoms with Gasteiger partial charge >= 0.3 is 0 Å². The lowest BCUT2D eigenvalue weighted by molar-refractivity contribution is -0.121. The van der Waals surface area contributed by atoms with E-state index in [1.54, 1.807) is 19.1 Å². The summed E-state index contributed by atoms with van der Waals surface area (Å²) in [6, 6.07) is 5.88. The number of aliphatic hydroxyl groups excluding tert-OH is 1. The molecule has 1 atom stereocenters. The summed E-state index contributed by atoms with van der Waals surface area (Å²) in [5.74, 6) is -0.0136. The van der Waals surface area contributed by atoms with Crippen LogP contribution in [0.15, 0.2) is 24.3 Å². The summed E-state index contributed by atoms with van der Waals surface area (Å²) in [5.41, 5.74) is 0. The Hall–Kier alpha value is -1.62. The topological polar surface area (TPSA) is 58.6 Å². The molecule has 1 aromatic rings. The summed E-state index contributed by atoms with van der Waals surface area (Å²) in [4.78, 5) is 11.3. The number of aliphatic hydroxyl groups is 1. The number of benzene rings is 1. The van der Waals surface area contributed by atoms with Gasteiger partial charge in [0.25, 0.3) is 0 Å². The van der Waals surface area contributed by atoms with Crippen LogP contribution in [0.25, 0.3) is 0 Å². The highest BCUT2D eigenvalue weighted by Gasteiger charge is 2.03. The molecule has 0 aromatic heterocycles. The lowest BCUT2D eigenvalue weighted by atomic mass is 10.3. The van der Waals surface area contributed by atoms with Crippen LogP contribution in [-0.4, -0.2) is 30.3 Å². The van der Waals surface area contributed by atoms with Crippen molar-refractivity contribution in [2.45, 2.75) is 25.9 Å². The van der Waals surface area contributed by atoms with Gasteiger partial charge in [-0.05, 0) is 25.5 Å². The molecule has 0 aliphatic rings. The molecule has 1 aromatic carbocycles. The molecule has 0 aliphatic carbocycles. The van der Waals surface area contributed by atoms with Gasteiger partial charge in [-0.3, -0.25) is 4.79 Å². The molecular formula is C13H18FNO3. The highest BCUT2D eigenvalue weighted by atomic mass is 19.1. The quantitative estimate of drug-likeness (QED) is 0.726. The van der Waals surface area contributed by atoms with Crippen molar-refractivity contribution in [2.75, 3.05) is 13.2 Å². The van der Waals surface area contributed by atoms with Crippen molar-refractivity contribution >= 4 is 5.91 Å². The zero-order chi connectivity index (χ0) is 13.4. The minimum Gasteiger partial charge on any atom is -0.493 e. The number of nitrogens with one attached hydrogen (secondary N) is 1. The summed E-state index contributed by atoms with van der Waals surface area (Å²) in [7, 11) is 0. The largest absolute Gasteiger partial charge is 0.493 e. The maximum Gasteiger partial charge on any atom is 0.220 e. The first-order valence-corrected chi connectivity index (χ1v) is 5.91. The molecule has 0 saturated heterocycles. The molecule has 0 radical (unpaired) electrons. The first kappa shape index (κ1) is 14.4. The van der Waals surface area contributed by atoms with Crippen LogP contribution in [0.5, 0.6) is 5.75 Å². The Kier molecular flexibility index (Phi) is 6.14. The van der Waals surface area contributed by atoms with Crippen LogP contribution in [0.2, 0.25) is 0 Å². The average molecular weight is 255 g/mol. The minimum absolute atomic E-state index is 0.126. The Balaban J connectivity index is 2.13. The van der Waals surface area contributed by atoms with Crippen LogP contribution in [0, 0.1) is 5.82 Å². The van der Waals surface area contributed by atoms with Gasteiger partial charge in [-0.25, -0.2) is 4.39 Å². The highest BCUT2D eigenvalue weighted by molar-refractivity contribution is 5.75. The van der Waals surface area contributed by atoms with E-state index in [4.69, 9.17) is 9.84 Å². The molecule has 18 heavy (non-hydrogen) atoms. The number of ether oxygens (including phenoxy) is 1. The Labute approximate surface area is 106 Å². The number of carbonyl (C=O) groups is 1. The van der Waals surface area contributed by atoms with Gasteiger partial charge in [-0.15, -0.1) is 0 Å². The molecule has 0 saturated carbocycles. The molecule has 1 rings (SSSR count). The molecular weight excluding hydrogens is 237 g/mol. The number of halogens is 1. The number of carbonyl (C=O) groups excluding carboxylic acids is 1. The Morgan fingerprint density at radius 3 is 3.00 bits per heavy atom. The van der Waals surface area contributed by atoms with Gasteiger partial charge in [0, 0.05) is 19.0 Å². The van der Waals surface area contributed by atoms with Crippen LogP contribution in [0.4, 0.5) is 4.39 Å². The monoisotopic (exact) mass is 255 g/mol. The van der Waals surface area contributed by atoms with Crippen LogP contribution in [-0.2, 0) is 4.79 Å². The first-order chi connectivity index (χ1) is 8.58. The Bertz CT molecular complexity index is 382. The van der Waals surface area contributed by atoms with Crippen LogP contribution in [0.3, 0.4) is 0 Å². The van der Waals surface area contributed by atoms with Crippen molar-refractivity contribution in [3.05, 3.63) is 30.1 Å². The van der Waals surface area contributed by atoms with E-state index in [-0.39, 0.29) is 18.3 Å². The maximum atomic E-state index is 12.8. The number of rotatable bonds is 7. The van der Waals surface area contributed by atoms with Gasteiger partial charge in [0.15, 0.2) is 0 Å². The van der Waals surface area contributed by atoms with E-state index < -0.39 is 6.10 Å². The number of hydrogen-bond donors (Lipinski definition) is 2. The Morgan fingerprint density at radius 2 is 2.33 bits per heavy atom. The fourth-order valence-electron chi connectivity index (χ4n) is 1.33. The molecule has 0 aliphatic heterocycles. The predicted octanol–water partition coefficient (Wildman–Crippen LogP) is 1.48. The lowest BCUT2D eigenvalue weighted by Gasteiger charge is -2.08. The van der Waals surface area contributed by atoms with E-state index in [2.05, 4.69) is 5.32 Å². The summed E-state index contributed by atoms with van der Waals surface area (Å²) in [5, 5.41) is 11.6. The molecule has 0 spiro atoms. The van der Waals surface area contributed by atoms with Gasteiger partial charge in [0.1, 0.15) is 11.6 Å². The second-order valence-corrected chi connectivity index (χ2v) is 4.06. The second-order valence-electron chi connectivity index (χ2n) is 4.06. The molecule has 1 unspecified atom stereocenters. The number of hydrogen-bond acceptors (Lipinski definition) is 3. The third-order valence-corrected chi connectivity index (χ3v) is 2.21. The molecule has 0 bridgehead atoms. The highest BCUT2D eigenvalue weighted by Crippen LogP contribution is 2.12. The fraction of sp³-hybridized carbons (Fsp3) is 0.462. The zero-order valence-electron chi connectivity index (χ0n) is 10.4. The van der Waals surface area contributed by atoms with E-state index in [1.807, 2.05) is 0 Å². The van der Waals surface area contributed by atoms with E-state index in [9.17, 15) is 9.18 Å². The van der Waals surface area contributed by atoms with Gasteiger partial charge in [-0.2, -0.15) is 0 Å². The SMILES string of the molecule is CC(O)CNC(=O)CCCOc1cccc(F)c1. The van der Waals surface area contributed by atoms with Crippen molar-refractivity contribution in [3.8, 4) is 5.75 Å². The van der Waals surface area contributed by atoms with E-state index in [1.165, 1.54) is 12.1 Å². The van der Waals surface area contributed by atoms with Crippen molar-refractivity contribution in [1.29, 1.82) is 0 Å². The summed E-state index contributed by atoms with van der Waals surface area (Å²) in [6.07, 6.45) is 0.321. The molecule has 100 valence electrons. The molecule has 1 amide bonds. The van der Waals surface area contributed by atoms with E-state index in [0.29, 0.717) is 25.2 Å². The third kappa shape index (κ3) is 6.20. The molecule has 0 fully saturated rings. The van der Waals surface area contributed by atoms with Crippen LogP contribution >= 0.6 is 0 Å². The summed E-state index contributed by atoms with van der Waals surface area (Å²) < 4.78 is 18.1. The van der Waals surface area contributed by atoms with Gasteiger partial charge < -0.3 is 15.2 Å². The van der Waals surface area contributed by atoms with Crippen molar-refractivity contribution in [1.82, 2.24) is 5.32 Å². The van der Waals surface area contributed by atoms with Gasteiger partial charge in [-0.1, -0.05) is 6.07 Å². The second kappa shape index (κ2) is 7.66.